The molecule has 0 amide bonds. The number of rotatable bonds is 23. The molecule has 0 bridgehead atoms. The van der Waals surface area contributed by atoms with Gasteiger partial charge < -0.3 is 28.8 Å². The first-order valence-corrected chi connectivity index (χ1v) is 11.5. The van der Waals surface area contributed by atoms with Crippen molar-refractivity contribution in [3.05, 3.63) is 0 Å². The molecule has 0 radical (unpaired) electrons. The largest absolute Gasteiger partial charge is 0.460 e. The summed E-state index contributed by atoms with van der Waals surface area (Å²) in [4.78, 5) is 0. The Balaban J connectivity index is 4.92. The summed E-state index contributed by atoms with van der Waals surface area (Å²) in [5.41, 5.74) is 0. The highest BCUT2D eigenvalue weighted by molar-refractivity contribution is 5.15. The molecule has 6 nitrogen and oxygen atoms in total. The normalized spacial score (nSPS) is 14.9. The Labute approximate surface area is 231 Å². The van der Waals surface area contributed by atoms with E-state index < -0.39 is 73.9 Å². The van der Waals surface area contributed by atoms with Crippen LogP contribution in [0.5, 0.6) is 0 Å². The number of alkyl halides is 17. The second-order valence-electron chi connectivity index (χ2n) is 8.18. The number of aliphatic hydroxyl groups excluding tert-OH is 1. The third-order valence-electron chi connectivity index (χ3n) is 5.07. The monoisotopic (exact) mass is 684 g/mol. The van der Waals surface area contributed by atoms with Crippen LogP contribution < -0.4 is 0 Å². The zero-order valence-corrected chi connectivity index (χ0v) is 21.4. The van der Waals surface area contributed by atoms with Crippen molar-refractivity contribution in [1.29, 1.82) is 0 Å². The van der Waals surface area contributed by atoms with Crippen molar-refractivity contribution in [3.8, 4) is 0 Å². The minimum absolute atomic E-state index is 0.0590. The second kappa shape index (κ2) is 15.7. The van der Waals surface area contributed by atoms with Crippen LogP contribution in [0.15, 0.2) is 0 Å². The van der Waals surface area contributed by atoms with Crippen molar-refractivity contribution in [1.82, 2.24) is 0 Å². The summed E-state index contributed by atoms with van der Waals surface area (Å²) < 4.78 is 249. The number of ether oxygens (including phenoxy) is 5. The van der Waals surface area contributed by atoms with Crippen LogP contribution in [0.25, 0.3) is 0 Å². The summed E-state index contributed by atoms with van der Waals surface area (Å²) >= 11 is 0. The molecule has 0 spiro atoms. The van der Waals surface area contributed by atoms with Crippen molar-refractivity contribution < 1.29 is 103 Å². The molecule has 0 unspecified atom stereocenters. The maximum Gasteiger partial charge on any atom is 0.460 e. The van der Waals surface area contributed by atoms with E-state index in [0.717, 1.165) is 0 Å². The predicted molar refractivity (Wildman–Crippen MR) is 106 cm³/mol. The Kier molecular flexibility index (Phi) is 15.2. The average Bonchev–Trinajstić information content (AvgIpc) is 2.87. The molecule has 0 atom stereocenters. The fourth-order valence-corrected chi connectivity index (χ4v) is 2.60. The van der Waals surface area contributed by atoms with E-state index in [1.165, 1.54) is 0 Å². The molecule has 0 aliphatic carbocycles. The third kappa shape index (κ3) is 9.30. The lowest BCUT2D eigenvalue weighted by Crippen LogP contribution is -2.74. The molecule has 0 saturated carbocycles. The Morgan fingerprint density at radius 1 is 0.326 bits per heavy atom. The van der Waals surface area contributed by atoms with Crippen LogP contribution in [0.3, 0.4) is 0 Å². The summed E-state index contributed by atoms with van der Waals surface area (Å²) in [5, 5.41) is 8.47. The van der Waals surface area contributed by atoms with Gasteiger partial charge in [-0.1, -0.05) is 0 Å². The first kappa shape index (κ1) is 41.6. The quantitative estimate of drug-likeness (QED) is 0.114. The standard InChI is InChI=1S/C20H25F17O6/c21-13(22,1-3-39-5-7-41-9-11-43-12-10-42-8-6-40-4-2-38)14(23,24)15(25,26)16(27,28)17(29,30)18(31,32)19(33,34)20(35,36)37/h38H,1-12H2. The predicted octanol–water partition coefficient (Wildman–Crippen LogP) is 5.46. The van der Waals surface area contributed by atoms with Crippen LogP contribution in [0.2, 0.25) is 0 Å². The van der Waals surface area contributed by atoms with Crippen molar-refractivity contribution in [3.63, 3.8) is 0 Å². The molecule has 0 aromatic heterocycles. The molecule has 0 aromatic carbocycles. The Bertz CT molecular complexity index is 807. The fraction of sp³-hybridized carbons (Fsp3) is 1.00. The first-order chi connectivity index (χ1) is 19.3. The van der Waals surface area contributed by atoms with Crippen molar-refractivity contribution in [2.45, 2.75) is 54.1 Å². The molecule has 23 heteroatoms. The van der Waals surface area contributed by atoms with Crippen molar-refractivity contribution in [2.24, 2.45) is 0 Å². The van der Waals surface area contributed by atoms with Gasteiger partial charge in [0.25, 0.3) is 0 Å². The highest BCUT2D eigenvalue weighted by Gasteiger charge is 2.95. The Hall–Kier alpha value is -1.43. The maximum absolute atomic E-state index is 13.7. The highest BCUT2D eigenvalue weighted by Crippen LogP contribution is 2.64. The van der Waals surface area contributed by atoms with Gasteiger partial charge in [0.2, 0.25) is 0 Å². The van der Waals surface area contributed by atoms with Gasteiger partial charge in [-0.15, -0.1) is 0 Å². The van der Waals surface area contributed by atoms with E-state index in [4.69, 9.17) is 24.1 Å². The lowest BCUT2D eigenvalue weighted by molar-refractivity contribution is -0.462. The summed E-state index contributed by atoms with van der Waals surface area (Å²) in [5.74, 6) is -56.5. The van der Waals surface area contributed by atoms with Crippen molar-refractivity contribution in [2.75, 3.05) is 72.7 Å². The second-order valence-corrected chi connectivity index (χ2v) is 8.18. The lowest BCUT2D eigenvalue weighted by atomic mass is 9.88. The van der Waals surface area contributed by atoms with Gasteiger partial charge in [-0.05, 0) is 0 Å². The van der Waals surface area contributed by atoms with Gasteiger partial charge in [0.15, 0.2) is 0 Å². The Morgan fingerprint density at radius 2 is 0.581 bits per heavy atom. The molecular formula is C20H25F17O6. The summed E-state index contributed by atoms with van der Waals surface area (Å²) in [6.07, 6.45) is -10.5. The summed E-state index contributed by atoms with van der Waals surface area (Å²) in [6.45, 7) is -2.54. The summed E-state index contributed by atoms with van der Waals surface area (Å²) in [7, 11) is 0. The van der Waals surface area contributed by atoms with Gasteiger partial charge in [-0.25, -0.2) is 0 Å². The van der Waals surface area contributed by atoms with Crippen LogP contribution in [0, 0.1) is 0 Å². The molecule has 0 saturated heterocycles. The molecule has 43 heavy (non-hydrogen) atoms. The van der Waals surface area contributed by atoms with E-state index in [2.05, 4.69) is 4.74 Å². The van der Waals surface area contributed by atoms with Crippen LogP contribution in [0.1, 0.15) is 6.42 Å². The fourth-order valence-electron chi connectivity index (χ4n) is 2.60. The van der Waals surface area contributed by atoms with Gasteiger partial charge in [-0.2, -0.15) is 74.6 Å². The number of halogens is 17. The SMILES string of the molecule is OCCOCCOCCOCCOCCOCCC(F)(F)C(F)(F)C(F)(F)C(F)(F)C(F)(F)C(F)(F)C(F)(F)C(F)(F)F. The van der Waals surface area contributed by atoms with E-state index in [1.807, 2.05) is 0 Å². The third-order valence-corrected chi connectivity index (χ3v) is 5.07. The Morgan fingerprint density at radius 3 is 0.884 bits per heavy atom. The molecule has 0 aliphatic rings. The number of hydrogen-bond donors (Lipinski definition) is 1. The smallest absolute Gasteiger partial charge is 0.394 e. The minimum atomic E-state index is -8.65. The van der Waals surface area contributed by atoms with Gasteiger partial charge in [0.05, 0.1) is 72.7 Å². The zero-order chi connectivity index (χ0) is 34.0. The van der Waals surface area contributed by atoms with Crippen LogP contribution in [-0.2, 0) is 23.7 Å². The zero-order valence-electron chi connectivity index (χ0n) is 21.4. The molecule has 0 aliphatic heterocycles. The van der Waals surface area contributed by atoms with Crippen molar-refractivity contribution >= 4 is 0 Å². The molecular weight excluding hydrogens is 659 g/mol. The van der Waals surface area contributed by atoms with Crippen LogP contribution in [0.4, 0.5) is 74.6 Å². The summed E-state index contributed by atoms with van der Waals surface area (Å²) in [6, 6.07) is 0. The molecule has 0 heterocycles. The molecule has 0 aromatic rings. The highest BCUT2D eigenvalue weighted by atomic mass is 19.4. The average molecular weight is 684 g/mol. The van der Waals surface area contributed by atoms with Gasteiger partial charge >= 0.3 is 47.6 Å². The van der Waals surface area contributed by atoms with Gasteiger partial charge in [0, 0.05) is 6.42 Å². The van der Waals surface area contributed by atoms with E-state index in [9.17, 15) is 74.6 Å². The van der Waals surface area contributed by atoms with E-state index in [0.29, 0.717) is 0 Å². The maximum atomic E-state index is 13.7. The van der Waals surface area contributed by atoms with E-state index >= 15 is 0 Å². The van der Waals surface area contributed by atoms with E-state index in [1.54, 1.807) is 0 Å². The molecule has 0 rings (SSSR count). The van der Waals surface area contributed by atoms with Crippen LogP contribution in [-0.4, -0.2) is 125 Å². The topological polar surface area (TPSA) is 66.4 Å². The van der Waals surface area contributed by atoms with E-state index in [-0.39, 0.29) is 52.9 Å². The van der Waals surface area contributed by atoms with Gasteiger partial charge in [0.1, 0.15) is 0 Å². The molecule has 1 N–H and O–H groups in total. The minimum Gasteiger partial charge on any atom is -0.394 e. The lowest BCUT2D eigenvalue weighted by Gasteiger charge is -2.42. The molecule has 260 valence electrons. The number of hydrogen-bond acceptors (Lipinski definition) is 6. The number of aliphatic hydroxyl groups is 1. The van der Waals surface area contributed by atoms with Gasteiger partial charge in [-0.3, -0.25) is 0 Å². The first-order valence-electron chi connectivity index (χ1n) is 11.5. The molecule has 0 fully saturated rings. The van der Waals surface area contributed by atoms with Crippen LogP contribution >= 0.6 is 0 Å².